The van der Waals surface area contributed by atoms with Crippen molar-refractivity contribution in [1.82, 2.24) is 10.2 Å². The summed E-state index contributed by atoms with van der Waals surface area (Å²) in [6.45, 7) is 4.08. The molecule has 1 aromatic carbocycles. The Hall–Kier alpha value is -1.55. The number of nitrogens with zero attached hydrogens (tertiary/aromatic N) is 1. The Bertz CT molecular complexity index is 414. The van der Waals surface area contributed by atoms with E-state index in [4.69, 9.17) is 5.73 Å². The highest BCUT2D eigenvalue weighted by atomic mass is 16.1. The van der Waals surface area contributed by atoms with Crippen molar-refractivity contribution in [2.75, 3.05) is 31.9 Å². The van der Waals surface area contributed by atoms with Crippen LogP contribution >= 0.6 is 0 Å². The predicted octanol–water partition coefficient (Wildman–Crippen LogP) is 1.41. The van der Waals surface area contributed by atoms with E-state index in [-0.39, 0.29) is 5.91 Å². The molecule has 1 aliphatic rings. The average molecular weight is 261 g/mol. The lowest BCUT2D eigenvalue weighted by Gasteiger charge is -2.14. The van der Waals surface area contributed by atoms with Crippen LogP contribution < -0.4 is 11.1 Å². The summed E-state index contributed by atoms with van der Waals surface area (Å²) in [5.74, 6) is 0.113. The van der Waals surface area contributed by atoms with Crippen molar-refractivity contribution < 1.29 is 4.79 Å². The molecule has 1 amide bonds. The van der Waals surface area contributed by atoms with E-state index in [0.29, 0.717) is 12.8 Å². The Morgan fingerprint density at radius 2 is 2.00 bits per heavy atom. The summed E-state index contributed by atoms with van der Waals surface area (Å²) in [4.78, 5) is 14.1. The topological polar surface area (TPSA) is 58.4 Å². The summed E-state index contributed by atoms with van der Waals surface area (Å²) in [5, 5.41) is 2.98. The second-order valence-corrected chi connectivity index (χ2v) is 5.10. The van der Waals surface area contributed by atoms with Crippen LogP contribution in [-0.4, -0.2) is 37.0 Å². The van der Waals surface area contributed by atoms with E-state index in [9.17, 15) is 4.79 Å². The minimum Gasteiger partial charge on any atom is -0.399 e. The molecule has 3 N–H and O–H groups in total. The molecule has 0 saturated carbocycles. The fraction of sp³-hybridized carbons (Fsp3) is 0.533. The summed E-state index contributed by atoms with van der Waals surface area (Å²) in [6.07, 6.45) is 3.80. The molecule has 1 aromatic rings. The third kappa shape index (κ3) is 4.56. The predicted molar refractivity (Wildman–Crippen MR) is 77.9 cm³/mol. The molecule has 0 radical (unpaired) electrons. The third-order valence-electron chi connectivity index (χ3n) is 3.63. The van der Waals surface area contributed by atoms with Crippen LogP contribution in [0.5, 0.6) is 0 Å². The molecule has 0 bridgehead atoms. The molecular formula is C15H23N3O. The van der Waals surface area contributed by atoms with Crippen molar-refractivity contribution in [3.05, 3.63) is 29.8 Å². The van der Waals surface area contributed by atoms with Gasteiger partial charge in [-0.05, 0) is 44.0 Å². The Morgan fingerprint density at radius 3 is 2.74 bits per heavy atom. The average Bonchev–Trinajstić information content (AvgIpc) is 2.91. The quantitative estimate of drug-likeness (QED) is 0.761. The van der Waals surface area contributed by atoms with Gasteiger partial charge in [-0.3, -0.25) is 4.79 Å². The zero-order valence-corrected chi connectivity index (χ0v) is 11.4. The van der Waals surface area contributed by atoms with E-state index >= 15 is 0 Å². The van der Waals surface area contributed by atoms with Crippen LogP contribution in [0.25, 0.3) is 0 Å². The zero-order valence-electron chi connectivity index (χ0n) is 11.4. The summed E-state index contributed by atoms with van der Waals surface area (Å²) in [7, 11) is 0. The number of para-hydroxylation sites is 1. The highest BCUT2D eigenvalue weighted by molar-refractivity contribution is 5.76. The monoisotopic (exact) mass is 261 g/mol. The molecule has 0 aromatic heterocycles. The first kappa shape index (κ1) is 13.9. The van der Waals surface area contributed by atoms with E-state index in [1.807, 2.05) is 24.3 Å². The highest BCUT2D eigenvalue weighted by Gasteiger charge is 2.11. The SMILES string of the molecule is Nc1ccccc1CCC(=O)NCCN1CCCC1. The number of carbonyl (C=O) groups excluding carboxylic acids is 1. The van der Waals surface area contributed by atoms with E-state index in [1.165, 1.54) is 25.9 Å². The minimum absolute atomic E-state index is 0.113. The van der Waals surface area contributed by atoms with Gasteiger partial charge in [-0.1, -0.05) is 18.2 Å². The number of hydrogen-bond donors (Lipinski definition) is 2. The van der Waals surface area contributed by atoms with E-state index < -0.39 is 0 Å². The highest BCUT2D eigenvalue weighted by Crippen LogP contribution is 2.12. The normalized spacial score (nSPS) is 15.6. The van der Waals surface area contributed by atoms with Gasteiger partial charge in [0.1, 0.15) is 0 Å². The van der Waals surface area contributed by atoms with Crippen LogP contribution in [-0.2, 0) is 11.2 Å². The Labute approximate surface area is 115 Å². The number of rotatable bonds is 6. The fourth-order valence-electron chi connectivity index (χ4n) is 2.46. The molecule has 104 valence electrons. The van der Waals surface area contributed by atoms with Crippen LogP contribution in [0.15, 0.2) is 24.3 Å². The molecule has 0 atom stereocenters. The molecule has 0 aliphatic carbocycles. The largest absolute Gasteiger partial charge is 0.399 e. The maximum Gasteiger partial charge on any atom is 0.220 e. The van der Waals surface area contributed by atoms with Crippen LogP contribution in [0.3, 0.4) is 0 Å². The van der Waals surface area contributed by atoms with Gasteiger partial charge in [0.2, 0.25) is 5.91 Å². The number of amides is 1. The number of nitrogens with two attached hydrogens (primary N) is 1. The fourth-order valence-corrected chi connectivity index (χ4v) is 2.46. The number of carbonyl (C=O) groups is 1. The molecule has 1 aliphatic heterocycles. The molecule has 19 heavy (non-hydrogen) atoms. The maximum atomic E-state index is 11.7. The molecule has 0 spiro atoms. The van der Waals surface area contributed by atoms with Gasteiger partial charge < -0.3 is 16.0 Å². The molecule has 1 saturated heterocycles. The number of hydrogen-bond acceptors (Lipinski definition) is 3. The summed E-state index contributed by atoms with van der Waals surface area (Å²) >= 11 is 0. The lowest BCUT2D eigenvalue weighted by atomic mass is 10.1. The second kappa shape index (κ2) is 7.14. The molecule has 4 nitrogen and oxygen atoms in total. The first-order chi connectivity index (χ1) is 9.25. The van der Waals surface area contributed by atoms with Crippen molar-refractivity contribution in [3.63, 3.8) is 0 Å². The van der Waals surface area contributed by atoms with Crippen LogP contribution in [0, 0.1) is 0 Å². The first-order valence-corrected chi connectivity index (χ1v) is 7.08. The van der Waals surface area contributed by atoms with Gasteiger partial charge in [-0.2, -0.15) is 0 Å². The molecule has 2 rings (SSSR count). The van der Waals surface area contributed by atoms with Crippen molar-refractivity contribution in [3.8, 4) is 0 Å². The van der Waals surface area contributed by atoms with E-state index in [0.717, 1.165) is 24.3 Å². The van der Waals surface area contributed by atoms with Crippen molar-refractivity contribution in [2.45, 2.75) is 25.7 Å². The van der Waals surface area contributed by atoms with Crippen LogP contribution in [0.4, 0.5) is 5.69 Å². The van der Waals surface area contributed by atoms with Gasteiger partial charge in [-0.15, -0.1) is 0 Å². The minimum atomic E-state index is 0.113. The maximum absolute atomic E-state index is 11.7. The van der Waals surface area contributed by atoms with E-state index in [1.54, 1.807) is 0 Å². The van der Waals surface area contributed by atoms with Gasteiger partial charge >= 0.3 is 0 Å². The summed E-state index contributed by atoms with van der Waals surface area (Å²) in [6, 6.07) is 7.72. The Morgan fingerprint density at radius 1 is 1.26 bits per heavy atom. The lowest BCUT2D eigenvalue weighted by Crippen LogP contribution is -2.33. The first-order valence-electron chi connectivity index (χ1n) is 7.08. The van der Waals surface area contributed by atoms with Crippen LogP contribution in [0.1, 0.15) is 24.8 Å². The summed E-state index contributed by atoms with van der Waals surface area (Å²) in [5.41, 5.74) is 7.67. The number of anilines is 1. The van der Waals surface area contributed by atoms with Crippen molar-refractivity contribution in [1.29, 1.82) is 0 Å². The Balaban J connectivity index is 1.63. The van der Waals surface area contributed by atoms with Gasteiger partial charge in [0.15, 0.2) is 0 Å². The Kier molecular flexibility index (Phi) is 5.21. The number of nitrogens with one attached hydrogen (secondary N) is 1. The van der Waals surface area contributed by atoms with Crippen molar-refractivity contribution >= 4 is 11.6 Å². The van der Waals surface area contributed by atoms with Gasteiger partial charge in [0.05, 0.1) is 0 Å². The van der Waals surface area contributed by atoms with Gasteiger partial charge in [-0.25, -0.2) is 0 Å². The molecule has 1 fully saturated rings. The number of nitrogen functional groups attached to an aromatic ring is 1. The van der Waals surface area contributed by atoms with Gasteiger partial charge in [0.25, 0.3) is 0 Å². The number of likely N-dealkylation sites (tertiary alicyclic amines) is 1. The summed E-state index contributed by atoms with van der Waals surface area (Å²) < 4.78 is 0. The smallest absolute Gasteiger partial charge is 0.220 e. The third-order valence-corrected chi connectivity index (χ3v) is 3.63. The zero-order chi connectivity index (χ0) is 13.5. The molecule has 4 heteroatoms. The number of benzene rings is 1. The van der Waals surface area contributed by atoms with E-state index in [2.05, 4.69) is 10.2 Å². The van der Waals surface area contributed by atoms with Crippen LogP contribution in [0.2, 0.25) is 0 Å². The number of aryl methyl sites for hydroxylation is 1. The molecule has 0 unspecified atom stereocenters. The van der Waals surface area contributed by atoms with Gasteiger partial charge in [0, 0.05) is 25.2 Å². The molecule has 1 heterocycles. The standard InChI is InChI=1S/C15H23N3O/c16-14-6-2-1-5-13(14)7-8-15(19)17-9-12-18-10-3-4-11-18/h1-2,5-6H,3-4,7-12,16H2,(H,17,19). The lowest BCUT2D eigenvalue weighted by molar-refractivity contribution is -0.121. The second-order valence-electron chi connectivity index (χ2n) is 5.10. The molecular weight excluding hydrogens is 238 g/mol. The van der Waals surface area contributed by atoms with Crippen molar-refractivity contribution in [2.24, 2.45) is 0 Å².